The maximum Gasteiger partial charge on any atom is 0.326 e. The molecule has 1 saturated carbocycles. The molecule has 1 heterocycles. The highest BCUT2D eigenvalue weighted by molar-refractivity contribution is 5.94. The molecule has 0 saturated heterocycles. The number of carbonyl (C=O) groups is 2. The number of hydrogen-bond acceptors (Lipinski definition) is 3. The Labute approximate surface area is 116 Å². The maximum absolute atomic E-state index is 12.7. The van der Waals surface area contributed by atoms with Crippen LogP contribution < -0.4 is 5.32 Å². The number of carboxylic acids is 1. The van der Waals surface area contributed by atoms with Crippen LogP contribution in [0, 0.1) is 11.7 Å². The van der Waals surface area contributed by atoms with Gasteiger partial charge in [-0.3, -0.25) is 4.79 Å². The maximum atomic E-state index is 12.7. The summed E-state index contributed by atoms with van der Waals surface area (Å²) in [6, 6.07) is 1.46. The lowest BCUT2D eigenvalue weighted by atomic mass is 9.84. The van der Waals surface area contributed by atoms with Gasteiger partial charge in [0.15, 0.2) is 0 Å². The normalized spacial score (nSPS) is 17.4. The van der Waals surface area contributed by atoms with E-state index in [1.165, 1.54) is 6.07 Å². The van der Waals surface area contributed by atoms with Crippen molar-refractivity contribution in [1.82, 2.24) is 10.3 Å². The summed E-state index contributed by atoms with van der Waals surface area (Å²) < 4.78 is 12.7. The van der Waals surface area contributed by atoms with Crippen LogP contribution in [0.25, 0.3) is 0 Å². The molecule has 1 amide bonds. The largest absolute Gasteiger partial charge is 0.480 e. The standard InChI is InChI=1S/C14H17FN2O3/c15-10-6-7-11(16-8-10)13(18)17-12(14(19)20)9-4-2-1-3-5-9/h6-9,12H,1-5H2,(H,17,18)(H,19,20). The van der Waals surface area contributed by atoms with Gasteiger partial charge in [0.05, 0.1) is 6.20 Å². The Morgan fingerprint density at radius 1 is 1.30 bits per heavy atom. The summed E-state index contributed by atoms with van der Waals surface area (Å²) in [5.41, 5.74) is 0.0217. The fourth-order valence-electron chi connectivity index (χ4n) is 2.57. The Hall–Kier alpha value is -1.98. The Kier molecular flexibility index (Phi) is 4.65. The van der Waals surface area contributed by atoms with Crippen molar-refractivity contribution >= 4 is 11.9 Å². The van der Waals surface area contributed by atoms with Gasteiger partial charge in [-0.2, -0.15) is 0 Å². The first-order valence-corrected chi connectivity index (χ1v) is 6.73. The van der Waals surface area contributed by atoms with E-state index in [2.05, 4.69) is 10.3 Å². The average Bonchev–Trinajstić information content (AvgIpc) is 2.46. The summed E-state index contributed by atoms with van der Waals surface area (Å²) in [6.07, 6.45) is 5.61. The van der Waals surface area contributed by atoms with Crippen molar-refractivity contribution in [3.8, 4) is 0 Å². The fraction of sp³-hybridized carbons (Fsp3) is 0.500. The van der Waals surface area contributed by atoms with Crippen LogP contribution in [-0.4, -0.2) is 28.0 Å². The van der Waals surface area contributed by atoms with E-state index in [-0.39, 0.29) is 11.6 Å². The van der Waals surface area contributed by atoms with Crippen LogP contribution in [0.3, 0.4) is 0 Å². The second-order valence-electron chi connectivity index (χ2n) is 5.05. The molecule has 1 aliphatic rings. The van der Waals surface area contributed by atoms with E-state index in [1.54, 1.807) is 0 Å². The summed E-state index contributed by atoms with van der Waals surface area (Å²) in [5.74, 6) is -2.20. The molecular formula is C14H17FN2O3. The summed E-state index contributed by atoms with van der Waals surface area (Å²) >= 11 is 0. The van der Waals surface area contributed by atoms with Gasteiger partial charge in [-0.15, -0.1) is 0 Å². The molecule has 1 aromatic rings. The van der Waals surface area contributed by atoms with E-state index >= 15 is 0 Å². The molecule has 20 heavy (non-hydrogen) atoms. The van der Waals surface area contributed by atoms with Crippen molar-refractivity contribution in [2.24, 2.45) is 5.92 Å². The van der Waals surface area contributed by atoms with E-state index in [0.29, 0.717) is 0 Å². The Bertz CT molecular complexity index is 484. The summed E-state index contributed by atoms with van der Waals surface area (Å²) in [5, 5.41) is 11.8. The number of amides is 1. The molecule has 1 fully saturated rings. The van der Waals surface area contributed by atoms with Crippen molar-refractivity contribution in [2.75, 3.05) is 0 Å². The highest BCUT2D eigenvalue weighted by Crippen LogP contribution is 2.26. The van der Waals surface area contributed by atoms with Gasteiger partial charge in [0.25, 0.3) is 5.91 Å². The Morgan fingerprint density at radius 3 is 2.55 bits per heavy atom. The topological polar surface area (TPSA) is 79.3 Å². The third kappa shape index (κ3) is 3.53. The quantitative estimate of drug-likeness (QED) is 0.884. The molecule has 2 rings (SSSR count). The Morgan fingerprint density at radius 2 is 2.00 bits per heavy atom. The smallest absolute Gasteiger partial charge is 0.326 e. The number of nitrogens with zero attached hydrogens (tertiary/aromatic N) is 1. The molecule has 0 bridgehead atoms. The predicted octanol–water partition coefficient (Wildman–Crippen LogP) is 1.98. The van der Waals surface area contributed by atoms with Crippen molar-refractivity contribution in [1.29, 1.82) is 0 Å². The molecule has 2 N–H and O–H groups in total. The van der Waals surface area contributed by atoms with Gasteiger partial charge in [0, 0.05) is 0 Å². The zero-order valence-corrected chi connectivity index (χ0v) is 11.0. The number of carboxylic acid groups (broad SMARTS) is 1. The summed E-state index contributed by atoms with van der Waals surface area (Å²) in [7, 11) is 0. The minimum Gasteiger partial charge on any atom is -0.480 e. The number of aromatic nitrogens is 1. The van der Waals surface area contributed by atoms with Gasteiger partial charge in [0.2, 0.25) is 0 Å². The monoisotopic (exact) mass is 280 g/mol. The minimum absolute atomic E-state index is 0.0217. The number of nitrogens with one attached hydrogen (secondary N) is 1. The third-order valence-corrected chi connectivity index (χ3v) is 3.63. The molecule has 0 spiro atoms. The van der Waals surface area contributed by atoms with Crippen LogP contribution in [0.5, 0.6) is 0 Å². The highest BCUT2D eigenvalue weighted by Gasteiger charge is 2.31. The molecule has 1 aliphatic carbocycles. The first-order valence-electron chi connectivity index (χ1n) is 6.73. The van der Waals surface area contributed by atoms with E-state index in [9.17, 15) is 19.1 Å². The molecule has 6 heteroatoms. The first kappa shape index (κ1) is 14.4. The Balaban J connectivity index is 2.05. The van der Waals surface area contributed by atoms with Crippen LogP contribution in [-0.2, 0) is 4.79 Å². The van der Waals surface area contributed by atoms with Gasteiger partial charge < -0.3 is 10.4 Å². The molecule has 1 atom stereocenters. The summed E-state index contributed by atoms with van der Waals surface area (Å²) in [4.78, 5) is 26.9. The van der Waals surface area contributed by atoms with Crippen molar-refractivity contribution < 1.29 is 19.1 Å². The van der Waals surface area contributed by atoms with Crippen molar-refractivity contribution in [3.05, 3.63) is 29.8 Å². The SMILES string of the molecule is O=C(NC(C(=O)O)C1CCCCC1)c1ccc(F)cn1. The molecule has 0 aromatic carbocycles. The summed E-state index contributed by atoms with van der Waals surface area (Å²) in [6.45, 7) is 0. The number of halogens is 1. The van der Waals surface area contributed by atoms with Gasteiger partial charge in [-0.1, -0.05) is 19.3 Å². The van der Waals surface area contributed by atoms with Crippen LogP contribution in [0.1, 0.15) is 42.6 Å². The van der Waals surface area contributed by atoms with Crippen LogP contribution >= 0.6 is 0 Å². The van der Waals surface area contributed by atoms with Crippen LogP contribution in [0.15, 0.2) is 18.3 Å². The number of pyridine rings is 1. The van der Waals surface area contributed by atoms with E-state index in [1.807, 2.05) is 0 Å². The van der Waals surface area contributed by atoms with Gasteiger partial charge in [-0.05, 0) is 30.9 Å². The van der Waals surface area contributed by atoms with E-state index < -0.39 is 23.7 Å². The molecule has 1 unspecified atom stereocenters. The van der Waals surface area contributed by atoms with Gasteiger partial charge in [-0.25, -0.2) is 14.2 Å². The lowest BCUT2D eigenvalue weighted by molar-refractivity contribution is -0.141. The second kappa shape index (κ2) is 6.45. The molecule has 5 nitrogen and oxygen atoms in total. The molecule has 1 aromatic heterocycles. The third-order valence-electron chi connectivity index (χ3n) is 3.63. The van der Waals surface area contributed by atoms with Crippen LogP contribution in [0.2, 0.25) is 0 Å². The lowest BCUT2D eigenvalue weighted by Gasteiger charge is -2.27. The van der Waals surface area contributed by atoms with Crippen LogP contribution in [0.4, 0.5) is 4.39 Å². The first-order chi connectivity index (χ1) is 9.58. The fourth-order valence-corrected chi connectivity index (χ4v) is 2.57. The van der Waals surface area contributed by atoms with Gasteiger partial charge in [0.1, 0.15) is 17.6 Å². The molecule has 0 radical (unpaired) electrons. The number of aliphatic carboxylic acids is 1. The second-order valence-corrected chi connectivity index (χ2v) is 5.05. The lowest BCUT2D eigenvalue weighted by Crippen LogP contribution is -2.46. The molecule has 0 aliphatic heterocycles. The highest BCUT2D eigenvalue weighted by atomic mass is 19.1. The zero-order chi connectivity index (χ0) is 14.5. The van der Waals surface area contributed by atoms with Crippen molar-refractivity contribution in [2.45, 2.75) is 38.1 Å². The van der Waals surface area contributed by atoms with E-state index in [4.69, 9.17) is 0 Å². The number of carbonyl (C=O) groups excluding carboxylic acids is 1. The zero-order valence-electron chi connectivity index (χ0n) is 11.0. The predicted molar refractivity (Wildman–Crippen MR) is 69.7 cm³/mol. The van der Waals surface area contributed by atoms with E-state index in [0.717, 1.165) is 44.4 Å². The number of rotatable bonds is 4. The average molecular weight is 280 g/mol. The van der Waals surface area contributed by atoms with Gasteiger partial charge >= 0.3 is 5.97 Å². The minimum atomic E-state index is -1.03. The number of hydrogen-bond donors (Lipinski definition) is 2. The van der Waals surface area contributed by atoms with Crippen molar-refractivity contribution in [3.63, 3.8) is 0 Å². The molecule has 108 valence electrons. The molecular weight excluding hydrogens is 263 g/mol.